The molecule has 2 heteroatoms. The van der Waals surface area contributed by atoms with Crippen LogP contribution in [0.4, 0.5) is 0 Å². The van der Waals surface area contributed by atoms with E-state index in [-0.39, 0.29) is 10.8 Å². The number of hydrogen-bond donors (Lipinski definition) is 0. The van der Waals surface area contributed by atoms with Crippen LogP contribution < -0.4 is 21.2 Å². The molecule has 0 N–H and O–H groups in total. The third-order valence-electron chi connectivity index (χ3n) is 7.78. The second-order valence-corrected chi connectivity index (χ2v) is 16.0. The van der Waals surface area contributed by atoms with E-state index in [2.05, 4.69) is 189 Å². The lowest BCUT2D eigenvalue weighted by Crippen LogP contribution is -2.42. The standard InChI is InChI=1S/C39H34P2/c1-39(38(32-20-8-2-9-21-32)33-22-10-3-11-23-33,40(34-24-12-4-13-25-34)35-26-14-5-15-27-35)41(36-28-16-6-17-29-36)37-30-18-7-19-31-37/h2-31,38H,1H3. The number of hydrogen-bond acceptors (Lipinski definition) is 0. The molecular weight excluding hydrogens is 530 g/mol. The smallest absolute Gasteiger partial charge is 0.0347 e. The molecule has 0 heterocycles. The van der Waals surface area contributed by atoms with Gasteiger partial charge in [0.05, 0.1) is 0 Å². The Labute approximate surface area is 247 Å². The highest BCUT2D eigenvalue weighted by Gasteiger charge is 2.50. The fourth-order valence-electron chi connectivity index (χ4n) is 6.12. The molecule has 41 heavy (non-hydrogen) atoms. The molecule has 0 aliphatic heterocycles. The number of benzene rings is 6. The summed E-state index contributed by atoms with van der Waals surface area (Å²) in [6.07, 6.45) is 0. The average Bonchev–Trinajstić information content (AvgIpc) is 3.04. The van der Waals surface area contributed by atoms with Crippen molar-refractivity contribution in [1.82, 2.24) is 0 Å². The van der Waals surface area contributed by atoms with Gasteiger partial charge in [-0.25, -0.2) is 0 Å². The van der Waals surface area contributed by atoms with E-state index in [1.54, 1.807) is 0 Å². The Morgan fingerprint density at radius 3 is 0.805 bits per heavy atom. The van der Waals surface area contributed by atoms with Crippen LogP contribution in [0.15, 0.2) is 182 Å². The lowest BCUT2D eigenvalue weighted by atomic mass is 9.88. The summed E-state index contributed by atoms with van der Waals surface area (Å²) in [5.74, 6) is 0.156. The molecule has 0 radical (unpaired) electrons. The molecular formula is C39H34P2. The zero-order chi connectivity index (χ0) is 27.9. The first-order valence-electron chi connectivity index (χ1n) is 14.2. The Bertz CT molecular complexity index is 1300. The van der Waals surface area contributed by atoms with Crippen LogP contribution in [0.3, 0.4) is 0 Å². The van der Waals surface area contributed by atoms with Crippen molar-refractivity contribution in [1.29, 1.82) is 0 Å². The Balaban J connectivity index is 1.75. The van der Waals surface area contributed by atoms with Gasteiger partial charge >= 0.3 is 0 Å². The van der Waals surface area contributed by atoms with Crippen LogP contribution in [-0.4, -0.2) is 4.90 Å². The summed E-state index contributed by atoms with van der Waals surface area (Å²) in [7, 11) is -1.68. The maximum Gasteiger partial charge on any atom is 0.0347 e. The highest BCUT2D eigenvalue weighted by Crippen LogP contribution is 2.71. The van der Waals surface area contributed by atoms with Crippen LogP contribution in [0, 0.1) is 0 Å². The van der Waals surface area contributed by atoms with Crippen molar-refractivity contribution >= 4 is 37.1 Å². The minimum Gasteiger partial charge on any atom is -0.0622 e. The predicted molar refractivity (Wildman–Crippen MR) is 181 cm³/mol. The molecule has 6 rings (SSSR count). The molecule has 200 valence electrons. The van der Waals surface area contributed by atoms with Crippen molar-refractivity contribution in [3.63, 3.8) is 0 Å². The highest BCUT2D eigenvalue weighted by atomic mass is 31.2. The molecule has 6 aromatic carbocycles. The van der Waals surface area contributed by atoms with Crippen molar-refractivity contribution in [2.45, 2.75) is 17.7 Å². The van der Waals surface area contributed by atoms with E-state index in [1.165, 1.54) is 32.3 Å². The van der Waals surface area contributed by atoms with E-state index in [1.807, 2.05) is 0 Å². The fraction of sp³-hybridized carbons (Fsp3) is 0.0769. The van der Waals surface area contributed by atoms with E-state index in [0.29, 0.717) is 0 Å². The van der Waals surface area contributed by atoms with Crippen LogP contribution in [0.1, 0.15) is 24.0 Å². The van der Waals surface area contributed by atoms with Crippen LogP contribution >= 0.6 is 15.8 Å². The van der Waals surface area contributed by atoms with E-state index in [0.717, 1.165) is 0 Å². The van der Waals surface area contributed by atoms with Gasteiger partial charge in [0, 0.05) is 10.8 Å². The van der Waals surface area contributed by atoms with Crippen molar-refractivity contribution < 1.29 is 0 Å². The summed E-state index contributed by atoms with van der Waals surface area (Å²) in [5, 5.41) is 5.64. The van der Waals surface area contributed by atoms with Crippen LogP contribution in [-0.2, 0) is 0 Å². The molecule has 0 bridgehead atoms. The van der Waals surface area contributed by atoms with Gasteiger partial charge in [0.25, 0.3) is 0 Å². The minimum atomic E-state index is -0.841. The summed E-state index contributed by atoms with van der Waals surface area (Å²) < 4.78 is 0. The molecule has 6 aromatic rings. The predicted octanol–water partition coefficient (Wildman–Crippen LogP) is 8.80. The molecule has 0 fully saturated rings. The van der Waals surface area contributed by atoms with E-state index in [4.69, 9.17) is 0 Å². The van der Waals surface area contributed by atoms with Gasteiger partial charge in [-0.15, -0.1) is 0 Å². The Hall–Kier alpha value is -3.82. The largest absolute Gasteiger partial charge is 0.0622 e. The Kier molecular flexibility index (Phi) is 8.53. The van der Waals surface area contributed by atoms with Crippen LogP contribution in [0.2, 0.25) is 0 Å². The monoisotopic (exact) mass is 564 g/mol. The highest BCUT2D eigenvalue weighted by molar-refractivity contribution is 7.91. The first-order valence-corrected chi connectivity index (χ1v) is 16.9. The quantitative estimate of drug-likeness (QED) is 0.154. The van der Waals surface area contributed by atoms with E-state index >= 15 is 0 Å². The summed E-state index contributed by atoms with van der Waals surface area (Å²) in [5.41, 5.74) is 2.72. The summed E-state index contributed by atoms with van der Waals surface area (Å²) in [6, 6.07) is 67.5. The fourth-order valence-corrected chi connectivity index (χ4v) is 14.0. The summed E-state index contributed by atoms with van der Waals surface area (Å²) >= 11 is 0. The second kappa shape index (κ2) is 12.8. The number of rotatable bonds is 9. The molecule has 0 saturated carbocycles. The first-order chi connectivity index (χ1) is 20.3. The molecule has 0 atom stereocenters. The van der Waals surface area contributed by atoms with E-state index in [9.17, 15) is 0 Å². The first kappa shape index (κ1) is 27.4. The van der Waals surface area contributed by atoms with Crippen molar-refractivity contribution in [2.24, 2.45) is 0 Å². The van der Waals surface area contributed by atoms with Gasteiger partial charge in [-0.05, 0) is 55.1 Å². The third kappa shape index (κ3) is 5.69. The van der Waals surface area contributed by atoms with Crippen molar-refractivity contribution in [3.8, 4) is 0 Å². The maximum atomic E-state index is 2.59. The summed E-state index contributed by atoms with van der Waals surface area (Å²) in [6.45, 7) is 2.59. The Morgan fingerprint density at radius 1 is 0.341 bits per heavy atom. The summed E-state index contributed by atoms with van der Waals surface area (Å²) in [4.78, 5) is -0.196. The van der Waals surface area contributed by atoms with Gasteiger partial charge < -0.3 is 0 Å². The molecule has 0 amide bonds. The van der Waals surface area contributed by atoms with Crippen LogP contribution in [0.25, 0.3) is 0 Å². The molecule has 0 aliphatic carbocycles. The topological polar surface area (TPSA) is 0 Å². The van der Waals surface area contributed by atoms with Gasteiger partial charge in [-0.2, -0.15) is 0 Å². The van der Waals surface area contributed by atoms with Crippen molar-refractivity contribution in [3.05, 3.63) is 193 Å². The van der Waals surface area contributed by atoms with E-state index < -0.39 is 15.8 Å². The van der Waals surface area contributed by atoms with Crippen molar-refractivity contribution in [2.75, 3.05) is 0 Å². The molecule has 0 aromatic heterocycles. The van der Waals surface area contributed by atoms with Gasteiger partial charge in [0.15, 0.2) is 0 Å². The minimum absolute atomic E-state index is 0.156. The van der Waals surface area contributed by atoms with Gasteiger partial charge in [-0.1, -0.05) is 182 Å². The third-order valence-corrected chi connectivity index (χ3v) is 14.6. The van der Waals surface area contributed by atoms with Gasteiger partial charge in [-0.3, -0.25) is 0 Å². The lowest BCUT2D eigenvalue weighted by Gasteiger charge is -2.50. The molecule has 0 unspecified atom stereocenters. The van der Waals surface area contributed by atoms with Gasteiger partial charge in [0.1, 0.15) is 0 Å². The SMILES string of the molecule is CC(C(c1ccccc1)c1ccccc1)(P(c1ccccc1)c1ccccc1)P(c1ccccc1)c1ccccc1. The average molecular weight is 565 g/mol. The zero-order valence-electron chi connectivity index (χ0n) is 23.3. The Morgan fingerprint density at radius 2 is 0.561 bits per heavy atom. The zero-order valence-corrected chi connectivity index (χ0v) is 25.1. The molecule has 0 aliphatic rings. The molecule has 0 nitrogen and oxygen atoms in total. The molecule has 0 spiro atoms. The molecule has 0 saturated heterocycles. The second-order valence-electron chi connectivity index (χ2n) is 10.4. The lowest BCUT2D eigenvalue weighted by molar-refractivity contribution is 0.734. The normalized spacial score (nSPS) is 11.7. The van der Waals surface area contributed by atoms with Gasteiger partial charge in [0.2, 0.25) is 0 Å². The maximum absolute atomic E-state index is 2.59. The van der Waals surface area contributed by atoms with Crippen LogP contribution in [0.5, 0.6) is 0 Å².